The van der Waals surface area contributed by atoms with Crippen molar-refractivity contribution in [3.63, 3.8) is 0 Å². The van der Waals surface area contributed by atoms with E-state index in [1.54, 1.807) is 6.07 Å². The molecule has 0 N–H and O–H groups in total. The summed E-state index contributed by atoms with van der Waals surface area (Å²) in [5, 5.41) is 0.110. The van der Waals surface area contributed by atoms with E-state index < -0.39 is 5.82 Å². The molecule has 1 aliphatic heterocycles. The zero-order chi connectivity index (χ0) is 10.1. The van der Waals surface area contributed by atoms with Crippen molar-refractivity contribution in [2.24, 2.45) is 0 Å². The van der Waals surface area contributed by atoms with E-state index in [1.165, 1.54) is 12.1 Å². The normalized spacial score (nSPS) is 16.4. The zero-order valence-corrected chi connectivity index (χ0v) is 8.22. The Balaban J connectivity index is 2.24. The molecule has 0 spiro atoms. The fraction of sp³-hybridized carbons (Fsp3) is 0.300. The molecule has 0 saturated carbocycles. The summed E-state index contributed by atoms with van der Waals surface area (Å²) in [6.45, 7) is 1.04. The molecular formula is C10H9ClFNO. The minimum Gasteiger partial charge on any atom is -0.364 e. The highest BCUT2D eigenvalue weighted by Gasteiger charge is 2.19. The lowest BCUT2D eigenvalue weighted by Crippen LogP contribution is -2.19. The number of nitrogens with zero attached hydrogens (tertiary/aromatic N) is 1. The van der Waals surface area contributed by atoms with Gasteiger partial charge in [0.25, 0.3) is 0 Å². The van der Waals surface area contributed by atoms with E-state index >= 15 is 0 Å². The number of halogens is 2. The first kappa shape index (κ1) is 9.46. The molecule has 0 radical (unpaired) electrons. The lowest BCUT2D eigenvalue weighted by molar-refractivity contribution is -0.116. The van der Waals surface area contributed by atoms with Crippen molar-refractivity contribution in [3.05, 3.63) is 29.0 Å². The van der Waals surface area contributed by atoms with E-state index in [9.17, 15) is 9.18 Å². The quantitative estimate of drug-likeness (QED) is 0.713. The fourth-order valence-electron chi connectivity index (χ4n) is 1.53. The van der Waals surface area contributed by atoms with Crippen molar-refractivity contribution in [2.45, 2.75) is 6.42 Å². The summed E-state index contributed by atoms with van der Waals surface area (Å²) in [6, 6.07) is 4.60. The zero-order valence-electron chi connectivity index (χ0n) is 7.46. The van der Waals surface area contributed by atoms with E-state index in [4.69, 9.17) is 11.6 Å². The molecule has 74 valence electrons. The molecule has 14 heavy (non-hydrogen) atoms. The second-order valence-corrected chi connectivity index (χ2v) is 3.72. The van der Waals surface area contributed by atoms with Crippen molar-refractivity contribution < 1.29 is 9.18 Å². The Hall–Kier alpha value is -1.09. The van der Waals surface area contributed by atoms with Gasteiger partial charge in [-0.25, -0.2) is 4.39 Å². The number of hydrogen-bond donors (Lipinski definition) is 0. The first-order valence-corrected chi connectivity index (χ1v) is 4.76. The molecule has 1 aromatic rings. The van der Waals surface area contributed by atoms with Crippen molar-refractivity contribution in [1.29, 1.82) is 0 Å². The van der Waals surface area contributed by atoms with Crippen LogP contribution in [0.15, 0.2) is 18.2 Å². The van der Waals surface area contributed by atoms with Crippen LogP contribution in [0.25, 0.3) is 0 Å². The average Bonchev–Trinajstić information content (AvgIpc) is 2.57. The summed E-state index contributed by atoms with van der Waals surface area (Å²) in [4.78, 5) is 12.9. The SMILES string of the molecule is O=C1CCN(c2ccc(Cl)c(F)c2)C1. The number of benzene rings is 1. The molecule has 1 fully saturated rings. The number of ketones is 1. The van der Waals surface area contributed by atoms with Crippen LogP contribution in [0, 0.1) is 5.82 Å². The van der Waals surface area contributed by atoms with E-state index in [0.717, 1.165) is 5.69 Å². The second-order valence-electron chi connectivity index (χ2n) is 3.31. The van der Waals surface area contributed by atoms with Crippen LogP contribution in [0.1, 0.15) is 6.42 Å². The van der Waals surface area contributed by atoms with Gasteiger partial charge in [-0.2, -0.15) is 0 Å². The smallest absolute Gasteiger partial charge is 0.153 e. The molecule has 2 rings (SSSR count). The molecule has 1 heterocycles. The highest BCUT2D eigenvalue weighted by Crippen LogP contribution is 2.23. The van der Waals surface area contributed by atoms with E-state index in [-0.39, 0.29) is 10.8 Å². The predicted octanol–water partition coefficient (Wildman–Crippen LogP) is 2.26. The summed E-state index contributed by atoms with van der Waals surface area (Å²) >= 11 is 5.56. The minimum atomic E-state index is -0.441. The van der Waals surface area contributed by atoms with Crippen LogP contribution in [0.2, 0.25) is 5.02 Å². The Bertz CT molecular complexity index is 380. The Morgan fingerprint density at radius 2 is 2.21 bits per heavy atom. The topological polar surface area (TPSA) is 20.3 Å². The van der Waals surface area contributed by atoms with Crippen LogP contribution in [-0.4, -0.2) is 18.9 Å². The van der Waals surface area contributed by atoms with Crippen LogP contribution < -0.4 is 4.90 Å². The number of anilines is 1. The van der Waals surface area contributed by atoms with E-state index in [1.807, 2.05) is 4.90 Å². The van der Waals surface area contributed by atoms with Gasteiger partial charge in [0, 0.05) is 18.7 Å². The Morgan fingerprint density at radius 3 is 2.79 bits per heavy atom. The average molecular weight is 214 g/mol. The number of carbonyl (C=O) groups excluding carboxylic acids is 1. The van der Waals surface area contributed by atoms with Gasteiger partial charge in [-0.1, -0.05) is 11.6 Å². The third kappa shape index (κ3) is 1.73. The van der Waals surface area contributed by atoms with Gasteiger partial charge in [0.1, 0.15) is 5.82 Å². The van der Waals surface area contributed by atoms with Gasteiger partial charge in [0.05, 0.1) is 11.6 Å². The maximum atomic E-state index is 13.1. The summed E-state index contributed by atoms with van der Waals surface area (Å²) in [5.41, 5.74) is 0.720. The second kappa shape index (κ2) is 3.58. The van der Waals surface area contributed by atoms with Crippen LogP contribution in [0.5, 0.6) is 0 Å². The van der Waals surface area contributed by atoms with Crippen LogP contribution in [0.3, 0.4) is 0 Å². The van der Waals surface area contributed by atoms with Crippen molar-refractivity contribution in [2.75, 3.05) is 18.0 Å². The number of carbonyl (C=O) groups is 1. The van der Waals surface area contributed by atoms with Crippen LogP contribution in [0.4, 0.5) is 10.1 Å². The first-order valence-electron chi connectivity index (χ1n) is 4.38. The molecular weight excluding hydrogens is 205 g/mol. The Morgan fingerprint density at radius 1 is 1.43 bits per heavy atom. The monoisotopic (exact) mass is 213 g/mol. The Kier molecular flexibility index (Phi) is 2.42. The molecule has 0 amide bonds. The van der Waals surface area contributed by atoms with Crippen LogP contribution in [-0.2, 0) is 4.79 Å². The standard InChI is InChI=1S/C10H9ClFNO/c11-9-2-1-7(5-10(9)12)13-4-3-8(14)6-13/h1-2,5H,3-4,6H2. The summed E-state index contributed by atoms with van der Waals surface area (Å²) in [5.74, 6) is -0.246. The van der Waals surface area contributed by atoms with Gasteiger partial charge < -0.3 is 4.90 Å². The van der Waals surface area contributed by atoms with Crippen molar-refractivity contribution >= 4 is 23.1 Å². The van der Waals surface area contributed by atoms with Crippen molar-refractivity contribution in [1.82, 2.24) is 0 Å². The van der Waals surface area contributed by atoms with Gasteiger partial charge in [-0.05, 0) is 18.2 Å². The lowest BCUT2D eigenvalue weighted by atomic mass is 10.3. The third-order valence-electron chi connectivity index (χ3n) is 2.30. The molecule has 4 heteroatoms. The fourth-order valence-corrected chi connectivity index (χ4v) is 1.65. The molecule has 2 nitrogen and oxygen atoms in total. The molecule has 1 aromatic carbocycles. The molecule has 1 aliphatic rings. The minimum absolute atomic E-state index is 0.110. The number of hydrogen-bond acceptors (Lipinski definition) is 2. The van der Waals surface area contributed by atoms with Gasteiger partial charge >= 0.3 is 0 Å². The largest absolute Gasteiger partial charge is 0.364 e. The first-order chi connectivity index (χ1) is 6.66. The highest BCUT2D eigenvalue weighted by molar-refractivity contribution is 6.30. The lowest BCUT2D eigenvalue weighted by Gasteiger charge is -2.16. The molecule has 0 aliphatic carbocycles. The molecule has 0 unspecified atom stereocenters. The van der Waals surface area contributed by atoms with Gasteiger partial charge in [0.15, 0.2) is 5.78 Å². The van der Waals surface area contributed by atoms with Gasteiger partial charge in [-0.15, -0.1) is 0 Å². The van der Waals surface area contributed by atoms with E-state index in [2.05, 4.69) is 0 Å². The summed E-state index contributed by atoms with van der Waals surface area (Å²) in [6.07, 6.45) is 0.546. The predicted molar refractivity (Wildman–Crippen MR) is 53.2 cm³/mol. The highest BCUT2D eigenvalue weighted by atomic mass is 35.5. The Labute approximate surface area is 86.3 Å². The molecule has 1 saturated heterocycles. The van der Waals surface area contributed by atoms with E-state index in [0.29, 0.717) is 19.5 Å². The molecule has 0 bridgehead atoms. The maximum absolute atomic E-state index is 13.1. The third-order valence-corrected chi connectivity index (χ3v) is 2.60. The summed E-state index contributed by atoms with van der Waals surface area (Å²) < 4.78 is 13.1. The summed E-state index contributed by atoms with van der Waals surface area (Å²) in [7, 11) is 0. The van der Waals surface area contributed by atoms with Gasteiger partial charge in [-0.3, -0.25) is 4.79 Å². The number of rotatable bonds is 1. The maximum Gasteiger partial charge on any atom is 0.153 e. The number of Topliss-reactive ketones (excluding diaryl/α,β-unsaturated/α-hetero) is 1. The molecule has 0 aromatic heterocycles. The van der Waals surface area contributed by atoms with Crippen molar-refractivity contribution in [3.8, 4) is 0 Å². The van der Waals surface area contributed by atoms with Crippen LogP contribution >= 0.6 is 11.6 Å². The van der Waals surface area contributed by atoms with Gasteiger partial charge in [0.2, 0.25) is 0 Å². The molecule has 0 atom stereocenters.